The molecule has 0 bridgehead atoms. The molecule has 3 rings (SSSR count). The number of likely N-dealkylation sites (tertiary alicyclic amines) is 1. The second-order valence-corrected chi connectivity index (χ2v) is 8.16. The van der Waals surface area contributed by atoms with Gasteiger partial charge in [-0.2, -0.15) is 0 Å². The van der Waals surface area contributed by atoms with Crippen LogP contribution in [0.15, 0.2) is 30.5 Å². The van der Waals surface area contributed by atoms with Gasteiger partial charge in [0.25, 0.3) is 0 Å². The van der Waals surface area contributed by atoms with Gasteiger partial charge in [-0.05, 0) is 81.5 Å². The van der Waals surface area contributed by atoms with Gasteiger partial charge in [-0.25, -0.2) is 0 Å². The normalized spacial score (nSPS) is 21.1. The first-order chi connectivity index (χ1) is 12.9. The molecule has 1 saturated heterocycles. The van der Waals surface area contributed by atoms with Gasteiger partial charge in [0.2, 0.25) is 0 Å². The van der Waals surface area contributed by atoms with Crippen LogP contribution in [0.4, 0.5) is 0 Å². The van der Waals surface area contributed by atoms with Gasteiger partial charge in [-0.15, -0.1) is 0 Å². The highest BCUT2D eigenvalue weighted by Crippen LogP contribution is 2.28. The molecule has 0 aliphatic carbocycles. The minimum atomic E-state index is -0.796. The Morgan fingerprint density at radius 3 is 2.59 bits per heavy atom. The van der Waals surface area contributed by atoms with Gasteiger partial charge in [0.1, 0.15) is 12.4 Å². The van der Waals surface area contributed by atoms with Crippen molar-refractivity contribution in [2.45, 2.75) is 52.2 Å². The van der Waals surface area contributed by atoms with Crippen molar-refractivity contribution in [3.63, 3.8) is 0 Å². The van der Waals surface area contributed by atoms with Crippen molar-refractivity contribution in [2.75, 3.05) is 19.7 Å². The molecule has 1 unspecified atom stereocenters. The van der Waals surface area contributed by atoms with Crippen LogP contribution in [-0.4, -0.2) is 40.3 Å². The van der Waals surface area contributed by atoms with Gasteiger partial charge in [0, 0.05) is 24.3 Å². The van der Waals surface area contributed by atoms with Crippen LogP contribution in [0.25, 0.3) is 0 Å². The number of nitrogens with zero attached hydrogens (tertiary/aromatic N) is 2. The number of rotatable bonds is 5. The fourth-order valence-corrected chi connectivity index (χ4v) is 3.75. The predicted molar refractivity (Wildman–Crippen MR) is 109 cm³/mol. The lowest BCUT2D eigenvalue weighted by molar-refractivity contribution is -0.0168. The van der Waals surface area contributed by atoms with E-state index in [2.05, 4.69) is 22.9 Å². The van der Waals surface area contributed by atoms with Crippen molar-refractivity contribution in [1.29, 1.82) is 0 Å². The number of aryl methyl sites for hydroxylation is 3. The molecule has 1 aliphatic rings. The molecule has 0 radical (unpaired) electrons. The summed E-state index contributed by atoms with van der Waals surface area (Å²) < 4.78 is 5.95. The van der Waals surface area contributed by atoms with Crippen LogP contribution < -0.4 is 4.74 Å². The highest BCUT2D eigenvalue weighted by atomic mass is 35.5. The van der Waals surface area contributed by atoms with E-state index in [4.69, 9.17) is 16.3 Å². The van der Waals surface area contributed by atoms with E-state index < -0.39 is 5.60 Å². The minimum Gasteiger partial charge on any atom is -0.491 e. The van der Waals surface area contributed by atoms with E-state index in [1.54, 1.807) is 0 Å². The molecule has 0 spiro atoms. The zero-order valence-electron chi connectivity index (χ0n) is 16.5. The standard InChI is InChI=1S/C22H29ClN2O2/c1-16-6-4-9-24-20(16)14-25-10-5-7-22(26,8-11-25)15-27-19-12-17(2)21(23)18(3)13-19/h4,6,9,12-13,26H,5,7-8,10-11,14-15H2,1-3H3. The van der Waals surface area contributed by atoms with Gasteiger partial charge >= 0.3 is 0 Å². The minimum absolute atomic E-state index is 0.309. The first-order valence-electron chi connectivity index (χ1n) is 9.61. The lowest BCUT2D eigenvalue weighted by atomic mass is 9.96. The maximum Gasteiger partial charge on any atom is 0.120 e. The topological polar surface area (TPSA) is 45.6 Å². The summed E-state index contributed by atoms with van der Waals surface area (Å²) in [5, 5.41) is 11.8. The highest BCUT2D eigenvalue weighted by Gasteiger charge is 2.31. The summed E-state index contributed by atoms with van der Waals surface area (Å²) in [6.45, 7) is 9.00. The Hall–Kier alpha value is -1.62. The third-order valence-electron chi connectivity index (χ3n) is 5.42. The molecular formula is C22H29ClN2O2. The Bertz CT molecular complexity index is 773. The molecular weight excluding hydrogens is 360 g/mol. The summed E-state index contributed by atoms with van der Waals surface area (Å²) >= 11 is 6.23. The molecule has 1 fully saturated rings. The van der Waals surface area contributed by atoms with E-state index in [-0.39, 0.29) is 0 Å². The number of halogens is 1. The van der Waals surface area contributed by atoms with Crippen LogP contribution in [0.2, 0.25) is 5.02 Å². The van der Waals surface area contributed by atoms with Crippen LogP contribution in [0.3, 0.4) is 0 Å². The molecule has 1 aliphatic heterocycles. The van der Waals surface area contributed by atoms with E-state index in [0.717, 1.165) is 60.1 Å². The smallest absolute Gasteiger partial charge is 0.120 e. The zero-order chi connectivity index (χ0) is 19.4. The summed E-state index contributed by atoms with van der Waals surface area (Å²) in [6.07, 6.45) is 4.24. The Balaban J connectivity index is 1.58. The summed E-state index contributed by atoms with van der Waals surface area (Å²) in [5.74, 6) is 0.771. The maximum atomic E-state index is 11.1. The van der Waals surface area contributed by atoms with Gasteiger partial charge in [-0.1, -0.05) is 17.7 Å². The average molecular weight is 389 g/mol. The van der Waals surface area contributed by atoms with Gasteiger partial charge < -0.3 is 9.84 Å². The summed E-state index contributed by atoms with van der Waals surface area (Å²) in [5.41, 5.74) is 3.53. The Morgan fingerprint density at radius 2 is 1.89 bits per heavy atom. The van der Waals surface area contributed by atoms with Crippen molar-refractivity contribution in [3.05, 3.63) is 57.9 Å². The number of aliphatic hydroxyl groups is 1. The number of ether oxygens (including phenoxy) is 1. The van der Waals surface area contributed by atoms with Crippen LogP contribution >= 0.6 is 11.6 Å². The summed E-state index contributed by atoms with van der Waals surface area (Å²) in [7, 11) is 0. The second kappa shape index (κ2) is 8.59. The van der Waals surface area contributed by atoms with E-state index in [9.17, 15) is 5.11 Å². The van der Waals surface area contributed by atoms with Crippen molar-refractivity contribution in [2.24, 2.45) is 0 Å². The molecule has 27 heavy (non-hydrogen) atoms. The maximum absolute atomic E-state index is 11.1. The third-order valence-corrected chi connectivity index (χ3v) is 6.01. The average Bonchev–Trinajstić information content (AvgIpc) is 2.82. The number of aromatic nitrogens is 1. The number of hydrogen-bond acceptors (Lipinski definition) is 4. The molecule has 0 amide bonds. The zero-order valence-corrected chi connectivity index (χ0v) is 17.2. The SMILES string of the molecule is Cc1cccnc1CN1CCCC(O)(COc2cc(C)c(Cl)c(C)c2)CC1. The molecule has 146 valence electrons. The molecule has 2 aromatic rings. The highest BCUT2D eigenvalue weighted by molar-refractivity contribution is 6.32. The van der Waals surface area contributed by atoms with E-state index in [0.29, 0.717) is 13.0 Å². The molecule has 1 aromatic heterocycles. The van der Waals surface area contributed by atoms with Crippen molar-refractivity contribution in [3.8, 4) is 5.75 Å². The lowest BCUT2D eigenvalue weighted by Crippen LogP contribution is -2.37. The second-order valence-electron chi connectivity index (χ2n) is 7.78. The van der Waals surface area contributed by atoms with Crippen molar-refractivity contribution >= 4 is 11.6 Å². The molecule has 5 heteroatoms. The van der Waals surface area contributed by atoms with Gasteiger partial charge in [0.15, 0.2) is 0 Å². The summed E-state index contributed by atoms with van der Waals surface area (Å²) in [6, 6.07) is 7.94. The molecule has 1 N–H and O–H groups in total. The largest absolute Gasteiger partial charge is 0.491 e. The Labute approximate surface area is 167 Å². The quantitative estimate of drug-likeness (QED) is 0.821. The fourth-order valence-electron chi connectivity index (χ4n) is 3.64. The molecule has 2 heterocycles. The Kier molecular flexibility index (Phi) is 6.40. The lowest BCUT2D eigenvalue weighted by Gasteiger charge is -2.27. The predicted octanol–water partition coefficient (Wildman–Crippen LogP) is 4.46. The van der Waals surface area contributed by atoms with E-state index >= 15 is 0 Å². The number of pyridine rings is 1. The Morgan fingerprint density at radius 1 is 1.15 bits per heavy atom. The molecule has 1 atom stereocenters. The van der Waals surface area contributed by atoms with Crippen molar-refractivity contribution < 1.29 is 9.84 Å². The number of hydrogen-bond donors (Lipinski definition) is 1. The first-order valence-corrected chi connectivity index (χ1v) is 9.99. The first kappa shape index (κ1) is 20.1. The van der Waals surface area contributed by atoms with Crippen LogP contribution in [0.1, 0.15) is 41.6 Å². The van der Waals surface area contributed by atoms with E-state index in [1.807, 2.05) is 38.2 Å². The van der Waals surface area contributed by atoms with E-state index in [1.165, 1.54) is 5.56 Å². The third kappa shape index (κ3) is 5.22. The monoisotopic (exact) mass is 388 g/mol. The van der Waals surface area contributed by atoms with Crippen LogP contribution in [-0.2, 0) is 6.54 Å². The van der Waals surface area contributed by atoms with Crippen LogP contribution in [0.5, 0.6) is 5.75 Å². The molecule has 1 aromatic carbocycles. The molecule has 4 nitrogen and oxygen atoms in total. The van der Waals surface area contributed by atoms with Gasteiger partial charge in [-0.3, -0.25) is 9.88 Å². The molecule has 0 saturated carbocycles. The van der Waals surface area contributed by atoms with Gasteiger partial charge in [0.05, 0.1) is 11.3 Å². The number of benzene rings is 1. The summed E-state index contributed by atoms with van der Waals surface area (Å²) in [4.78, 5) is 6.88. The van der Waals surface area contributed by atoms with Crippen molar-refractivity contribution in [1.82, 2.24) is 9.88 Å². The van der Waals surface area contributed by atoms with Crippen LogP contribution in [0, 0.1) is 20.8 Å². The fraction of sp³-hybridized carbons (Fsp3) is 0.500.